The Morgan fingerprint density at radius 1 is 1.11 bits per heavy atom. The van der Waals surface area contributed by atoms with Gasteiger partial charge in [0.25, 0.3) is 0 Å². The van der Waals surface area contributed by atoms with Gasteiger partial charge in [-0.05, 0) is 111 Å². The van der Waals surface area contributed by atoms with E-state index in [1.807, 2.05) is 20.9 Å². The van der Waals surface area contributed by atoms with Crippen LogP contribution in [0.15, 0.2) is 53.0 Å². The van der Waals surface area contributed by atoms with Crippen molar-refractivity contribution in [1.29, 1.82) is 0 Å². The Morgan fingerprint density at radius 2 is 1.83 bits per heavy atom. The largest absolute Gasteiger partial charge is 0.388 e. The SMILES string of the molecule is C=C(N=C(C1CC1)C1CC1)c1ccc(C)c(C2CN=C(c3ccc(NC)c(C(C)(C)C=O)c3)C2)c1. The van der Waals surface area contributed by atoms with Crippen LogP contribution in [0.1, 0.15) is 79.7 Å². The highest BCUT2D eigenvalue weighted by Crippen LogP contribution is 2.43. The zero-order chi connectivity index (χ0) is 24.7. The maximum absolute atomic E-state index is 11.8. The van der Waals surface area contributed by atoms with E-state index < -0.39 is 5.41 Å². The zero-order valence-corrected chi connectivity index (χ0v) is 21.5. The number of nitrogens with zero attached hydrogens (tertiary/aromatic N) is 2. The Balaban J connectivity index is 1.37. The summed E-state index contributed by atoms with van der Waals surface area (Å²) in [5.74, 6) is 1.76. The molecule has 1 atom stereocenters. The molecule has 2 fully saturated rings. The number of hydrogen-bond acceptors (Lipinski definition) is 4. The number of carbonyl (C=O) groups is 1. The van der Waals surface area contributed by atoms with E-state index in [-0.39, 0.29) is 0 Å². The minimum atomic E-state index is -0.557. The van der Waals surface area contributed by atoms with Crippen molar-refractivity contribution < 1.29 is 4.79 Å². The topological polar surface area (TPSA) is 53.8 Å². The normalized spacial score (nSPS) is 19.8. The molecular formula is C31H37N3O. The van der Waals surface area contributed by atoms with Crippen LogP contribution in [0.25, 0.3) is 5.70 Å². The Kier molecular flexibility index (Phi) is 6.25. The van der Waals surface area contributed by atoms with Crippen LogP contribution in [0.3, 0.4) is 0 Å². The van der Waals surface area contributed by atoms with Gasteiger partial charge in [-0.2, -0.15) is 0 Å². The number of nitrogens with one attached hydrogen (secondary N) is 1. The second kappa shape index (κ2) is 9.22. The summed E-state index contributed by atoms with van der Waals surface area (Å²) in [6, 6.07) is 13.0. The molecule has 0 aromatic heterocycles. The van der Waals surface area contributed by atoms with Gasteiger partial charge in [-0.15, -0.1) is 0 Å². The van der Waals surface area contributed by atoms with E-state index in [0.717, 1.165) is 53.0 Å². The number of rotatable bonds is 9. The highest BCUT2D eigenvalue weighted by Gasteiger charge is 2.38. The number of aliphatic imine (C=N–C) groups is 2. The number of benzene rings is 2. The average Bonchev–Trinajstić information content (AvgIpc) is 3.81. The standard InChI is InChI=1S/C31H37N3O/c1-19-6-7-23(20(2)34-30(21-8-9-21)22-10-11-22)14-26(19)25-16-29(33-17-25)24-12-13-28(32-5)27(15-24)31(3,4)18-35/h6-7,12-15,18,21-22,25,32H,2,8-11,16-17H2,1,3-5H3. The monoisotopic (exact) mass is 467 g/mol. The van der Waals surface area contributed by atoms with Crippen molar-refractivity contribution in [2.45, 2.75) is 64.2 Å². The van der Waals surface area contributed by atoms with Gasteiger partial charge in [-0.1, -0.05) is 24.8 Å². The molecule has 0 amide bonds. The van der Waals surface area contributed by atoms with E-state index in [9.17, 15) is 4.79 Å². The summed E-state index contributed by atoms with van der Waals surface area (Å²) in [4.78, 5) is 21.8. The summed E-state index contributed by atoms with van der Waals surface area (Å²) < 4.78 is 0. The number of hydrogen-bond donors (Lipinski definition) is 1. The first kappa shape index (κ1) is 23.7. The molecule has 2 saturated carbocycles. The van der Waals surface area contributed by atoms with E-state index in [4.69, 9.17) is 9.98 Å². The molecule has 2 aromatic carbocycles. The highest BCUT2D eigenvalue weighted by molar-refractivity contribution is 6.03. The van der Waals surface area contributed by atoms with Crippen molar-refractivity contribution in [3.63, 3.8) is 0 Å². The van der Waals surface area contributed by atoms with Crippen LogP contribution >= 0.6 is 0 Å². The summed E-state index contributed by atoms with van der Waals surface area (Å²) in [6.07, 6.45) is 7.11. The summed E-state index contributed by atoms with van der Waals surface area (Å²) in [7, 11) is 1.90. The van der Waals surface area contributed by atoms with Gasteiger partial charge in [-0.25, -0.2) is 0 Å². The molecule has 0 radical (unpaired) electrons. The third-order valence-corrected chi connectivity index (χ3v) is 7.86. The van der Waals surface area contributed by atoms with Crippen molar-refractivity contribution in [3.05, 3.63) is 70.8 Å². The fourth-order valence-corrected chi connectivity index (χ4v) is 5.29. The van der Waals surface area contributed by atoms with Gasteiger partial charge < -0.3 is 10.1 Å². The molecule has 4 heteroatoms. The maximum atomic E-state index is 11.8. The molecule has 1 heterocycles. The molecule has 182 valence electrons. The minimum Gasteiger partial charge on any atom is -0.388 e. The summed E-state index contributed by atoms with van der Waals surface area (Å²) in [5.41, 5.74) is 9.75. The van der Waals surface area contributed by atoms with Crippen LogP contribution in [0, 0.1) is 18.8 Å². The molecular weight excluding hydrogens is 430 g/mol. The van der Waals surface area contributed by atoms with Crippen LogP contribution in [-0.4, -0.2) is 31.3 Å². The number of anilines is 1. The van der Waals surface area contributed by atoms with E-state index in [2.05, 4.69) is 55.2 Å². The van der Waals surface area contributed by atoms with Crippen molar-refractivity contribution in [2.24, 2.45) is 21.8 Å². The third-order valence-electron chi connectivity index (χ3n) is 7.86. The van der Waals surface area contributed by atoms with Gasteiger partial charge in [0, 0.05) is 42.0 Å². The third kappa shape index (κ3) is 4.89. The first-order chi connectivity index (χ1) is 16.8. The predicted octanol–water partition coefficient (Wildman–Crippen LogP) is 6.72. The molecule has 1 unspecified atom stereocenters. The molecule has 3 aliphatic rings. The van der Waals surface area contributed by atoms with Gasteiger partial charge >= 0.3 is 0 Å². The van der Waals surface area contributed by atoms with E-state index in [1.54, 1.807) is 0 Å². The van der Waals surface area contributed by atoms with Crippen molar-refractivity contribution in [2.75, 3.05) is 18.9 Å². The Labute approximate surface area is 209 Å². The summed E-state index contributed by atoms with van der Waals surface area (Å²) in [6.45, 7) is 11.2. The minimum absolute atomic E-state index is 0.347. The van der Waals surface area contributed by atoms with Gasteiger partial charge in [0.2, 0.25) is 0 Å². The quantitative estimate of drug-likeness (QED) is 0.329. The van der Waals surface area contributed by atoms with Crippen LogP contribution in [0.4, 0.5) is 5.69 Å². The molecule has 0 bridgehead atoms. The van der Waals surface area contributed by atoms with E-state index >= 15 is 0 Å². The van der Waals surface area contributed by atoms with Gasteiger partial charge in [-0.3, -0.25) is 9.98 Å². The van der Waals surface area contributed by atoms with Crippen LogP contribution in [0.5, 0.6) is 0 Å². The van der Waals surface area contributed by atoms with E-state index in [0.29, 0.717) is 17.8 Å². The first-order valence-corrected chi connectivity index (χ1v) is 13.0. The molecule has 2 aliphatic carbocycles. The molecule has 4 nitrogen and oxygen atoms in total. The van der Waals surface area contributed by atoms with E-state index in [1.165, 1.54) is 42.5 Å². The fraction of sp³-hybridized carbons (Fsp3) is 0.452. The first-order valence-electron chi connectivity index (χ1n) is 13.0. The lowest BCUT2D eigenvalue weighted by Crippen LogP contribution is -2.21. The molecule has 1 aliphatic heterocycles. The molecule has 0 saturated heterocycles. The molecule has 2 aromatic rings. The lowest BCUT2D eigenvalue weighted by atomic mass is 9.83. The molecule has 5 rings (SSSR count). The lowest BCUT2D eigenvalue weighted by molar-refractivity contribution is -0.111. The number of carbonyl (C=O) groups excluding carboxylic acids is 1. The molecule has 0 spiro atoms. The lowest BCUT2D eigenvalue weighted by Gasteiger charge is -2.22. The van der Waals surface area contributed by atoms with Crippen molar-refractivity contribution in [1.82, 2.24) is 0 Å². The van der Waals surface area contributed by atoms with Crippen LogP contribution in [-0.2, 0) is 10.2 Å². The highest BCUT2D eigenvalue weighted by atomic mass is 16.1. The van der Waals surface area contributed by atoms with Crippen molar-refractivity contribution >= 4 is 29.1 Å². The maximum Gasteiger partial charge on any atom is 0.130 e. The fourth-order valence-electron chi connectivity index (χ4n) is 5.29. The average molecular weight is 468 g/mol. The molecule has 35 heavy (non-hydrogen) atoms. The number of aryl methyl sites for hydroxylation is 1. The van der Waals surface area contributed by atoms with Crippen LogP contribution < -0.4 is 5.32 Å². The second-order valence-corrected chi connectivity index (χ2v) is 11.1. The zero-order valence-electron chi connectivity index (χ0n) is 21.5. The van der Waals surface area contributed by atoms with Crippen LogP contribution in [0.2, 0.25) is 0 Å². The van der Waals surface area contributed by atoms with Crippen molar-refractivity contribution in [3.8, 4) is 0 Å². The Morgan fingerprint density at radius 3 is 2.46 bits per heavy atom. The van der Waals surface area contributed by atoms with Gasteiger partial charge in [0.05, 0.1) is 5.70 Å². The predicted molar refractivity (Wildman–Crippen MR) is 147 cm³/mol. The second-order valence-electron chi connectivity index (χ2n) is 11.1. The molecule has 1 N–H and O–H groups in total. The Hall–Kier alpha value is -3.01. The number of aldehydes is 1. The summed E-state index contributed by atoms with van der Waals surface area (Å²) >= 11 is 0. The summed E-state index contributed by atoms with van der Waals surface area (Å²) in [5, 5.41) is 3.23. The Bertz CT molecular complexity index is 1210. The smallest absolute Gasteiger partial charge is 0.130 e. The van der Waals surface area contributed by atoms with Gasteiger partial charge in [0.15, 0.2) is 0 Å². The van der Waals surface area contributed by atoms with Gasteiger partial charge in [0.1, 0.15) is 6.29 Å².